The predicted molar refractivity (Wildman–Crippen MR) is 73.6 cm³/mol. The van der Waals surface area contributed by atoms with Crippen molar-refractivity contribution in [2.45, 2.75) is 19.6 Å². The molecule has 0 radical (unpaired) electrons. The van der Waals surface area contributed by atoms with E-state index in [2.05, 4.69) is 30.9 Å². The van der Waals surface area contributed by atoms with Gasteiger partial charge in [0.25, 0.3) is 0 Å². The maximum Gasteiger partial charge on any atom is 0.158 e. The molecular formula is C11H18N8O. The second kappa shape index (κ2) is 6.26. The quantitative estimate of drug-likeness (QED) is 0.507. The number of anilines is 2. The van der Waals surface area contributed by atoms with Gasteiger partial charge in [-0.15, -0.1) is 10.2 Å². The van der Waals surface area contributed by atoms with Gasteiger partial charge in [-0.2, -0.15) is 0 Å². The van der Waals surface area contributed by atoms with E-state index < -0.39 is 0 Å². The number of ether oxygens (including phenoxy) is 1. The largest absolute Gasteiger partial charge is 0.377 e. The lowest BCUT2D eigenvalue weighted by atomic mass is 10.3. The van der Waals surface area contributed by atoms with E-state index in [1.807, 2.05) is 18.5 Å². The van der Waals surface area contributed by atoms with Gasteiger partial charge < -0.3 is 20.0 Å². The van der Waals surface area contributed by atoms with Crippen molar-refractivity contribution in [1.29, 1.82) is 0 Å². The fourth-order valence-electron chi connectivity index (χ4n) is 1.81. The van der Waals surface area contributed by atoms with Crippen LogP contribution in [0.4, 0.5) is 11.6 Å². The zero-order valence-electron chi connectivity index (χ0n) is 11.7. The van der Waals surface area contributed by atoms with E-state index in [1.165, 1.54) is 0 Å². The van der Waals surface area contributed by atoms with E-state index in [1.54, 1.807) is 19.5 Å². The summed E-state index contributed by atoms with van der Waals surface area (Å²) >= 11 is 0. The van der Waals surface area contributed by atoms with Gasteiger partial charge in [0.1, 0.15) is 24.6 Å². The Morgan fingerprint density at radius 2 is 2.15 bits per heavy atom. The minimum absolute atomic E-state index is 0.0570. The van der Waals surface area contributed by atoms with Crippen molar-refractivity contribution >= 4 is 11.6 Å². The van der Waals surface area contributed by atoms with Crippen LogP contribution in [0.1, 0.15) is 24.6 Å². The van der Waals surface area contributed by atoms with Gasteiger partial charge in [0, 0.05) is 20.2 Å². The monoisotopic (exact) mass is 278 g/mol. The number of nitrogen functional groups attached to an aromatic ring is 1. The van der Waals surface area contributed by atoms with Gasteiger partial charge in [0.15, 0.2) is 11.6 Å². The molecule has 0 bridgehead atoms. The van der Waals surface area contributed by atoms with Gasteiger partial charge in [0.2, 0.25) is 0 Å². The minimum Gasteiger partial charge on any atom is -0.377 e. The van der Waals surface area contributed by atoms with Crippen LogP contribution in [-0.2, 0) is 18.4 Å². The number of nitrogens with one attached hydrogen (secondary N) is 2. The summed E-state index contributed by atoms with van der Waals surface area (Å²) in [6.07, 6.45) is 1.65. The second-order valence-corrected chi connectivity index (χ2v) is 4.30. The molecular weight excluding hydrogens is 260 g/mol. The van der Waals surface area contributed by atoms with Crippen molar-refractivity contribution in [3.05, 3.63) is 24.0 Å². The van der Waals surface area contributed by atoms with Crippen LogP contribution in [0.15, 0.2) is 12.4 Å². The van der Waals surface area contributed by atoms with Crippen molar-refractivity contribution in [3.8, 4) is 0 Å². The minimum atomic E-state index is -0.0570. The predicted octanol–water partition coefficient (Wildman–Crippen LogP) is 0.210. The molecule has 0 amide bonds. The van der Waals surface area contributed by atoms with E-state index >= 15 is 0 Å². The van der Waals surface area contributed by atoms with Gasteiger partial charge in [-0.25, -0.2) is 15.8 Å². The van der Waals surface area contributed by atoms with Crippen molar-refractivity contribution in [1.82, 2.24) is 24.7 Å². The molecule has 20 heavy (non-hydrogen) atoms. The highest BCUT2D eigenvalue weighted by Gasteiger charge is 2.13. The summed E-state index contributed by atoms with van der Waals surface area (Å²) in [4.78, 5) is 8.53. The van der Waals surface area contributed by atoms with Gasteiger partial charge in [-0.05, 0) is 6.92 Å². The number of aryl methyl sites for hydroxylation is 1. The Kier molecular flexibility index (Phi) is 4.43. The highest BCUT2D eigenvalue weighted by molar-refractivity contribution is 5.47. The lowest BCUT2D eigenvalue weighted by molar-refractivity contribution is 0.178. The third-order valence-corrected chi connectivity index (χ3v) is 2.69. The van der Waals surface area contributed by atoms with E-state index in [0.29, 0.717) is 24.1 Å². The first-order valence-corrected chi connectivity index (χ1v) is 6.08. The Bertz CT molecular complexity index is 569. The molecule has 2 heterocycles. The molecule has 1 atom stereocenters. The third kappa shape index (κ3) is 3.19. The number of nitrogens with zero attached hydrogens (tertiary/aromatic N) is 5. The fourth-order valence-corrected chi connectivity index (χ4v) is 1.81. The zero-order chi connectivity index (χ0) is 14.5. The van der Waals surface area contributed by atoms with Crippen LogP contribution in [0.5, 0.6) is 0 Å². The summed E-state index contributed by atoms with van der Waals surface area (Å²) in [5.41, 5.74) is 2.51. The van der Waals surface area contributed by atoms with E-state index in [0.717, 1.165) is 5.82 Å². The van der Waals surface area contributed by atoms with Crippen molar-refractivity contribution < 1.29 is 4.74 Å². The Morgan fingerprint density at radius 1 is 1.40 bits per heavy atom. The Morgan fingerprint density at radius 3 is 2.75 bits per heavy atom. The molecule has 0 aliphatic heterocycles. The summed E-state index contributed by atoms with van der Waals surface area (Å²) < 4.78 is 6.88. The molecule has 4 N–H and O–H groups in total. The molecule has 2 aromatic rings. The van der Waals surface area contributed by atoms with Gasteiger partial charge in [-0.1, -0.05) is 0 Å². The van der Waals surface area contributed by atoms with Crippen LogP contribution in [0.25, 0.3) is 0 Å². The summed E-state index contributed by atoms with van der Waals surface area (Å²) in [5.74, 6) is 7.89. The summed E-state index contributed by atoms with van der Waals surface area (Å²) in [6, 6.07) is 1.66. The number of methoxy groups -OCH3 is 1. The molecule has 0 aromatic carbocycles. The molecule has 108 valence electrons. The first-order chi connectivity index (χ1) is 9.63. The van der Waals surface area contributed by atoms with E-state index in [-0.39, 0.29) is 6.04 Å². The topological polar surface area (TPSA) is 116 Å². The maximum absolute atomic E-state index is 5.40. The fraction of sp³-hybridized carbons (Fsp3) is 0.455. The van der Waals surface area contributed by atoms with Crippen LogP contribution in [0.2, 0.25) is 0 Å². The lowest BCUT2D eigenvalue weighted by Crippen LogP contribution is -2.16. The van der Waals surface area contributed by atoms with Crippen LogP contribution >= 0.6 is 0 Å². The summed E-state index contributed by atoms with van der Waals surface area (Å²) in [5, 5.41) is 11.1. The summed E-state index contributed by atoms with van der Waals surface area (Å²) in [6.45, 7) is 2.28. The van der Waals surface area contributed by atoms with Crippen LogP contribution in [-0.4, -0.2) is 31.8 Å². The molecule has 2 rings (SSSR count). The molecule has 0 aliphatic rings. The molecule has 0 saturated carbocycles. The van der Waals surface area contributed by atoms with Crippen molar-refractivity contribution in [3.63, 3.8) is 0 Å². The third-order valence-electron chi connectivity index (χ3n) is 2.69. The molecule has 0 fully saturated rings. The molecule has 0 aliphatic carbocycles. The first-order valence-electron chi connectivity index (χ1n) is 6.08. The normalized spacial score (nSPS) is 12.2. The smallest absolute Gasteiger partial charge is 0.158 e. The van der Waals surface area contributed by atoms with Crippen LogP contribution < -0.4 is 16.6 Å². The molecule has 0 spiro atoms. The molecule has 9 nitrogen and oxygen atoms in total. The standard InChI is InChI=1S/C11H18N8O/c1-7(11-18-13-6-19(11)2)14-8-4-9(17-12)16-10(15-8)5-20-3/h4,6-7H,5,12H2,1-3H3,(H2,14,15,16,17). The number of rotatable bonds is 6. The van der Waals surface area contributed by atoms with E-state index in [4.69, 9.17) is 10.6 Å². The average Bonchev–Trinajstić information content (AvgIpc) is 2.85. The Balaban J connectivity index is 2.19. The van der Waals surface area contributed by atoms with E-state index in [9.17, 15) is 0 Å². The zero-order valence-corrected chi connectivity index (χ0v) is 11.7. The number of aromatic nitrogens is 5. The highest BCUT2D eigenvalue weighted by Crippen LogP contribution is 2.17. The number of nitrogens with two attached hydrogens (primary N) is 1. The van der Waals surface area contributed by atoms with Crippen LogP contribution in [0.3, 0.4) is 0 Å². The molecule has 2 aromatic heterocycles. The summed E-state index contributed by atoms with van der Waals surface area (Å²) in [7, 11) is 3.47. The SMILES string of the molecule is COCc1nc(NN)cc(NC(C)c2nncn2C)n1. The second-order valence-electron chi connectivity index (χ2n) is 4.30. The van der Waals surface area contributed by atoms with Gasteiger partial charge >= 0.3 is 0 Å². The van der Waals surface area contributed by atoms with Gasteiger partial charge in [-0.3, -0.25) is 0 Å². The lowest BCUT2D eigenvalue weighted by Gasteiger charge is -2.15. The maximum atomic E-state index is 5.40. The Hall–Kier alpha value is -2.26. The first kappa shape index (κ1) is 14.2. The highest BCUT2D eigenvalue weighted by atomic mass is 16.5. The van der Waals surface area contributed by atoms with Crippen molar-refractivity contribution in [2.75, 3.05) is 17.9 Å². The molecule has 9 heteroatoms. The average molecular weight is 278 g/mol. The number of hydrazine groups is 1. The number of hydrogen-bond donors (Lipinski definition) is 3. The van der Waals surface area contributed by atoms with Gasteiger partial charge in [0.05, 0.1) is 6.04 Å². The van der Waals surface area contributed by atoms with Crippen molar-refractivity contribution in [2.24, 2.45) is 12.9 Å². The van der Waals surface area contributed by atoms with Crippen LogP contribution in [0, 0.1) is 0 Å². The molecule has 0 saturated heterocycles. The number of hydrogen-bond acceptors (Lipinski definition) is 8. The Labute approximate surface area is 116 Å². The molecule has 1 unspecified atom stereocenters.